The molecule has 0 aliphatic heterocycles. The van der Waals surface area contributed by atoms with E-state index < -0.39 is 0 Å². The molecule has 1 N–H and O–H groups in total. The molecule has 2 rings (SSSR count). The Balaban J connectivity index is 2.17. The topological polar surface area (TPSA) is 30.5 Å². The van der Waals surface area contributed by atoms with Crippen LogP contribution < -0.4 is 14.8 Å². The Labute approximate surface area is 147 Å². The number of ether oxygens (including phenoxy) is 2. The van der Waals surface area contributed by atoms with Gasteiger partial charge >= 0.3 is 0 Å². The molecule has 0 atom stereocenters. The molecular weight excluding hydrogens is 445 g/mol. The van der Waals surface area contributed by atoms with Crippen molar-refractivity contribution < 1.29 is 9.47 Å². The second-order valence-corrected chi connectivity index (χ2v) is 6.63. The molecule has 0 fully saturated rings. The van der Waals surface area contributed by atoms with Gasteiger partial charge in [0.25, 0.3) is 0 Å². The summed E-state index contributed by atoms with van der Waals surface area (Å²) in [7, 11) is 3.28. The molecule has 0 saturated heterocycles. The number of benzene rings is 2. The fourth-order valence-corrected chi connectivity index (χ4v) is 2.91. The third-order valence-corrected chi connectivity index (χ3v) is 5.11. The first kappa shape index (κ1) is 16.4. The molecular formula is C16H17BrINO2. The monoisotopic (exact) mass is 461 g/mol. The van der Waals surface area contributed by atoms with Gasteiger partial charge in [-0.2, -0.15) is 0 Å². The van der Waals surface area contributed by atoms with Crippen LogP contribution in [0.4, 0.5) is 5.69 Å². The van der Waals surface area contributed by atoms with E-state index in [0.717, 1.165) is 27.2 Å². The SMILES string of the molecule is COc1cc(Br)c(CNc2ccc(C)c(I)c2)cc1OC. The van der Waals surface area contributed by atoms with Gasteiger partial charge in [0, 0.05) is 20.3 Å². The Morgan fingerprint density at radius 1 is 1.10 bits per heavy atom. The van der Waals surface area contributed by atoms with Crippen molar-refractivity contribution in [3.05, 3.63) is 49.5 Å². The minimum atomic E-state index is 0.708. The smallest absolute Gasteiger partial charge is 0.161 e. The average molecular weight is 462 g/mol. The summed E-state index contributed by atoms with van der Waals surface area (Å²) >= 11 is 5.92. The predicted octanol–water partition coefficient (Wildman–Crippen LogP) is 4.99. The van der Waals surface area contributed by atoms with E-state index in [2.05, 4.69) is 69.0 Å². The molecule has 112 valence electrons. The van der Waals surface area contributed by atoms with E-state index >= 15 is 0 Å². The fourth-order valence-electron chi connectivity index (χ4n) is 1.93. The molecule has 5 heteroatoms. The molecule has 21 heavy (non-hydrogen) atoms. The fraction of sp³-hybridized carbons (Fsp3) is 0.250. The summed E-state index contributed by atoms with van der Waals surface area (Å²) in [6, 6.07) is 10.3. The Bertz CT molecular complexity index is 646. The number of hydrogen-bond donors (Lipinski definition) is 1. The van der Waals surface area contributed by atoms with Gasteiger partial charge in [0.1, 0.15) is 0 Å². The van der Waals surface area contributed by atoms with Gasteiger partial charge in [-0.3, -0.25) is 0 Å². The molecule has 0 aromatic heterocycles. The molecule has 0 spiro atoms. The molecule has 0 amide bonds. The molecule has 2 aromatic carbocycles. The summed E-state index contributed by atoms with van der Waals surface area (Å²) in [5.41, 5.74) is 3.50. The summed E-state index contributed by atoms with van der Waals surface area (Å²) in [6.45, 7) is 2.82. The highest BCUT2D eigenvalue weighted by atomic mass is 127. The van der Waals surface area contributed by atoms with Gasteiger partial charge in [0.2, 0.25) is 0 Å². The maximum absolute atomic E-state index is 5.34. The van der Waals surface area contributed by atoms with Crippen molar-refractivity contribution >= 4 is 44.2 Å². The van der Waals surface area contributed by atoms with Crippen molar-refractivity contribution in [1.82, 2.24) is 0 Å². The second-order valence-electron chi connectivity index (χ2n) is 4.62. The van der Waals surface area contributed by atoms with Crippen molar-refractivity contribution in [3.63, 3.8) is 0 Å². The van der Waals surface area contributed by atoms with Crippen LogP contribution in [0, 0.1) is 10.5 Å². The summed E-state index contributed by atoms with van der Waals surface area (Å²) < 4.78 is 12.9. The highest BCUT2D eigenvalue weighted by molar-refractivity contribution is 14.1. The highest BCUT2D eigenvalue weighted by Crippen LogP contribution is 2.33. The molecule has 2 aromatic rings. The van der Waals surface area contributed by atoms with Crippen LogP contribution in [0.25, 0.3) is 0 Å². The van der Waals surface area contributed by atoms with Gasteiger partial charge in [-0.25, -0.2) is 0 Å². The van der Waals surface area contributed by atoms with Crippen LogP contribution in [0.3, 0.4) is 0 Å². The van der Waals surface area contributed by atoms with Gasteiger partial charge in [0.15, 0.2) is 11.5 Å². The Kier molecular flexibility index (Phi) is 5.75. The Hall–Kier alpha value is -0.950. The minimum Gasteiger partial charge on any atom is -0.493 e. The summed E-state index contributed by atoms with van der Waals surface area (Å²) in [5.74, 6) is 1.45. The zero-order valence-electron chi connectivity index (χ0n) is 12.2. The van der Waals surface area contributed by atoms with E-state index in [4.69, 9.17) is 9.47 Å². The Morgan fingerprint density at radius 3 is 2.38 bits per heavy atom. The number of anilines is 1. The van der Waals surface area contributed by atoms with Crippen molar-refractivity contribution in [3.8, 4) is 11.5 Å². The number of methoxy groups -OCH3 is 2. The predicted molar refractivity (Wildman–Crippen MR) is 98.5 cm³/mol. The lowest BCUT2D eigenvalue weighted by atomic mass is 10.2. The van der Waals surface area contributed by atoms with Gasteiger partial charge in [-0.15, -0.1) is 0 Å². The second kappa shape index (κ2) is 7.35. The van der Waals surface area contributed by atoms with E-state index in [1.807, 2.05) is 12.1 Å². The minimum absolute atomic E-state index is 0.708. The molecule has 0 radical (unpaired) electrons. The van der Waals surface area contributed by atoms with E-state index in [-0.39, 0.29) is 0 Å². The van der Waals surface area contributed by atoms with Crippen molar-refractivity contribution in [2.75, 3.05) is 19.5 Å². The number of halogens is 2. The van der Waals surface area contributed by atoms with Gasteiger partial charge < -0.3 is 14.8 Å². The van der Waals surface area contributed by atoms with Gasteiger partial charge in [-0.1, -0.05) is 22.0 Å². The molecule has 0 aliphatic carbocycles. The quantitative estimate of drug-likeness (QED) is 0.636. The van der Waals surface area contributed by atoms with Gasteiger partial charge in [-0.05, 0) is 64.9 Å². The lowest BCUT2D eigenvalue weighted by molar-refractivity contribution is 0.354. The summed E-state index contributed by atoms with van der Waals surface area (Å²) in [4.78, 5) is 0. The molecule has 0 heterocycles. The van der Waals surface area contributed by atoms with E-state index in [0.29, 0.717) is 6.54 Å². The maximum atomic E-state index is 5.34. The van der Waals surface area contributed by atoms with Crippen molar-refractivity contribution in [2.45, 2.75) is 13.5 Å². The number of nitrogens with one attached hydrogen (secondary N) is 1. The lowest BCUT2D eigenvalue weighted by Crippen LogP contribution is -2.02. The van der Waals surface area contributed by atoms with E-state index in [1.165, 1.54) is 9.13 Å². The zero-order chi connectivity index (χ0) is 15.4. The van der Waals surface area contributed by atoms with Crippen molar-refractivity contribution in [2.24, 2.45) is 0 Å². The van der Waals surface area contributed by atoms with E-state index in [9.17, 15) is 0 Å². The van der Waals surface area contributed by atoms with Gasteiger partial charge in [0.05, 0.1) is 14.2 Å². The summed E-state index contributed by atoms with van der Waals surface area (Å²) in [6.07, 6.45) is 0. The van der Waals surface area contributed by atoms with Crippen LogP contribution >= 0.6 is 38.5 Å². The normalized spacial score (nSPS) is 10.3. The van der Waals surface area contributed by atoms with Crippen LogP contribution in [-0.4, -0.2) is 14.2 Å². The maximum Gasteiger partial charge on any atom is 0.161 e. The summed E-state index contributed by atoms with van der Waals surface area (Å²) in [5, 5.41) is 3.43. The third-order valence-electron chi connectivity index (χ3n) is 3.21. The van der Waals surface area contributed by atoms with E-state index in [1.54, 1.807) is 14.2 Å². The standard InChI is InChI=1S/C16H17BrINO2/c1-10-4-5-12(7-14(10)18)19-9-11-6-15(20-2)16(21-3)8-13(11)17/h4-8,19H,9H2,1-3H3. The van der Waals surface area contributed by atoms with Crippen LogP contribution in [0.1, 0.15) is 11.1 Å². The molecule has 0 unspecified atom stereocenters. The highest BCUT2D eigenvalue weighted by Gasteiger charge is 2.09. The first-order valence-electron chi connectivity index (χ1n) is 6.45. The molecule has 0 aliphatic rings. The van der Waals surface area contributed by atoms with Crippen LogP contribution in [0.5, 0.6) is 11.5 Å². The molecule has 3 nitrogen and oxygen atoms in total. The van der Waals surface area contributed by atoms with Crippen LogP contribution in [-0.2, 0) is 6.54 Å². The first-order valence-corrected chi connectivity index (χ1v) is 8.32. The number of aryl methyl sites for hydroxylation is 1. The number of rotatable bonds is 5. The zero-order valence-corrected chi connectivity index (χ0v) is 15.9. The van der Waals surface area contributed by atoms with Crippen LogP contribution in [0.2, 0.25) is 0 Å². The molecule has 0 bridgehead atoms. The van der Waals surface area contributed by atoms with Crippen molar-refractivity contribution in [1.29, 1.82) is 0 Å². The molecule has 0 saturated carbocycles. The van der Waals surface area contributed by atoms with Crippen LogP contribution in [0.15, 0.2) is 34.8 Å². The Morgan fingerprint density at radius 2 is 1.76 bits per heavy atom. The largest absolute Gasteiger partial charge is 0.493 e. The average Bonchev–Trinajstić information content (AvgIpc) is 2.49. The first-order chi connectivity index (χ1) is 10.0. The third kappa shape index (κ3) is 4.03. The lowest BCUT2D eigenvalue weighted by Gasteiger charge is -2.13. The number of hydrogen-bond acceptors (Lipinski definition) is 3.